The molecule has 0 amide bonds. The SMILES string of the molecule is Cc1nc(/C(N)=C(\CNc2cn(CC(C)C)nn2)N(C)N)ccc1OC1CCCCC1. The summed E-state index contributed by atoms with van der Waals surface area (Å²) in [6.45, 7) is 7.45. The molecule has 2 aromatic rings. The molecule has 1 saturated carbocycles. The number of likely N-dealkylation sites (N-methyl/N-ethyl adjacent to an activating group) is 1. The van der Waals surface area contributed by atoms with E-state index in [0.29, 0.717) is 35.4 Å². The van der Waals surface area contributed by atoms with Gasteiger partial charge in [0.15, 0.2) is 5.82 Å². The molecule has 0 aromatic carbocycles. The summed E-state index contributed by atoms with van der Waals surface area (Å²) in [7, 11) is 1.76. The molecule has 1 aliphatic carbocycles. The topological polar surface area (TPSA) is 120 Å². The standard InChI is InChI=1S/C22H36N8O/c1-15(2)13-30-14-21(27-28-30)25-12-19(29(4)24)22(23)18-10-11-20(16(3)26-18)31-17-8-6-5-7-9-17/h10-11,14-15,17,25H,5-9,12-13,23-24H2,1-4H3/b22-19-. The van der Waals surface area contributed by atoms with Crippen LogP contribution in [0.2, 0.25) is 0 Å². The number of nitrogens with zero attached hydrogens (tertiary/aromatic N) is 5. The highest BCUT2D eigenvalue weighted by atomic mass is 16.5. The van der Waals surface area contributed by atoms with Gasteiger partial charge in [0.05, 0.1) is 41.6 Å². The van der Waals surface area contributed by atoms with Crippen LogP contribution in [0.5, 0.6) is 5.75 Å². The molecule has 0 spiro atoms. The zero-order valence-electron chi connectivity index (χ0n) is 19.1. The lowest BCUT2D eigenvalue weighted by molar-refractivity contribution is 0.153. The maximum atomic E-state index is 6.45. The number of pyridine rings is 1. The van der Waals surface area contributed by atoms with Gasteiger partial charge in [-0.2, -0.15) is 0 Å². The van der Waals surface area contributed by atoms with Gasteiger partial charge in [-0.05, 0) is 50.7 Å². The van der Waals surface area contributed by atoms with E-state index in [1.54, 1.807) is 7.05 Å². The maximum absolute atomic E-state index is 6.45. The summed E-state index contributed by atoms with van der Waals surface area (Å²) in [5.41, 5.74) is 9.18. The van der Waals surface area contributed by atoms with Gasteiger partial charge in [-0.3, -0.25) is 4.68 Å². The zero-order chi connectivity index (χ0) is 22.4. The monoisotopic (exact) mass is 428 g/mol. The third-order valence-electron chi connectivity index (χ3n) is 5.42. The predicted octanol–water partition coefficient (Wildman–Crippen LogP) is 2.89. The summed E-state index contributed by atoms with van der Waals surface area (Å²) in [4.78, 5) is 4.68. The lowest BCUT2D eigenvalue weighted by Crippen LogP contribution is -2.32. The van der Waals surface area contributed by atoms with Crippen LogP contribution in [0.15, 0.2) is 24.0 Å². The first-order chi connectivity index (χ1) is 14.8. The molecule has 2 aromatic heterocycles. The number of anilines is 1. The van der Waals surface area contributed by atoms with Crippen molar-refractivity contribution in [2.45, 2.75) is 65.5 Å². The number of aromatic nitrogens is 4. The first kappa shape index (κ1) is 22.9. The number of rotatable bonds is 9. The number of ether oxygens (including phenoxy) is 1. The van der Waals surface area contributed by atoms with E-state index in [0.717, 1.165) is 30.8 Å². The quantitative estimate of drug-likeness (QED) is 0.412. The highest BCUT2D eigenvalue weighted by molar-refractivity contribution is 5.64. The molecule has 9 heteroatoms. The van der Waals surface area contributed by atoms with Gasteiger partial charge in [0.1, 0.15) is 5.75 Å². The second-order valence-corrected chi connectivity index (χ2v) is 8.70. The third kappa shape index (κ3) is 6.33. The molecule has 31 heavy (non-hydrogen) atoms. The van der Waals surface area contributed by atoms with Crippen LogP contribution in [0.3, 0.4) is 0 Å². The molecule has 170 valence electrons. The maximum Gasteiger partial charge on any atom is 0.168 e. The molecule has 0 aliphatic heterocycles. The first-order valence-corrected chi connectivity index (χ1v) is 11.1. The van der Waals surface area contributed by atoms with Crippen LogP contribution < -0.4 is 21.6 Å². The fraction of sp³-hybridized carbons (Fsp3) is 0.591. The van der Waals surface area contributed by atoms with Crippen LogP contribution in [0, 0.1) is 12.8 Å². The van der Waals surface area contributed by atoms with Gasteiger partial charge in [0.25, 0.3) is 0 Å². The molecular weight excluding hydrogens is 392 g/mol. The van der Waals surface area contributed by atoms with E-state index in [9.17, 15) is 0 Å². The van der Waals surface area contributed by atoms with E-state index >= 15 is 0 Å². The Morgan fingerprint density at radius 2 is 2.03 bits per heavy atom. The number of nitrogens with two attached hydrogens (primary N) is 2. The van der Waals surface area contributed by atoms with Crippen LogP contribution in [-0.4, -0.2) is 44.7 Å². The molecule has 0 radical (unpaired) electrons. The Balaban J connectivity index is 1.71. The molecule has 3 rings (SSSR count). The summed E-state index contributed by atoms with van der Waals surface area (Å²) in [5.74, 6) is 8.06. The van der Waals surface area contributed by atoms with Gasteiger partial charge in [-0.15, -0.1) is 5.10 Å². The molecule has 1 fully saturated rings. The largest absolute Gasteiger partial charge is 0.489 e. The van der Waals surface area contributed by atoms with E-state index in [4.69, 9.17) is 16.3 Å². The molecule has 0 saturated heterocycles. The first-order valence-electron chi connectivity index (χ1n) is 11.1. The van der Waals surface area contributed by atoms with E-state index in [1.807, 2.05) is 29.9 Å². The predicted molar refractivity (Wildman–Crippen MR) is 123 cm³/mol. The minimum atomic E-state index is 0.284. The summed E-state index contributed by atoms with van der Waals surface area (Å²) < 4.78 is 8.00. The second kappa shape index (κ2) is 10.5. The van der Waals surface area contributed by atoms with Gasteiger partial charge in [0.2, 0.25) is 0 Å². The molecular formula is C22H36N8O. The van der Waals surface area contributed by atoms with E-state index in [1.165, 1.54) is 24.3 Å². The van der Waals surface area contributed by atoms with Gasteiger partial charge >= 0.3 is 0 Å². The third-order valence-corrected chi connectivity index (χ3v) is 5.42. The number of hydrogen-bond acceptors (Lipinski definition) is 8. The van der Waals surface area contributed by atoms with Gasteiger partial charge in [-0.1, -0.05) is 25.5 Å². The smallest absolute Gasteiger partial charge is 0.168 e. The van der Waals surface area contributed by atoms with Crippen LogP contribution >= 0.6 is 0 Å². The molecule has 9 nitrogen and oxygen atoms in total. The fourth-order valence-electron chi connectivity index (χ4n) is 3.76. The van der Waals surface area contributed by atoms with E-state index in [-0.39, 0.29) is 6.10 Å². The van der Waals surface area contributed by atoms with Gasteiger partial charge in [-0.25, -0.2) is 10.8 Å². The fourth-order valence-corrected chi connectivity index (χ4v) is 3.76. The highest BCUT2D eigenvalue weighted by Gasteiger charge is 2.17. The minimum Gasteiger partial charge on any atom is -0.489 e. The number of nitrogens with one attached hydrogen (secondary N) is 1. The Morgan fingerprint density at radius 1 is 1.29 bits per heavy atom. The molecule has 1 aliphatic rings. The Hall–Kier alpha value is -2.81. The molecule has 2 heterocycles. The van der Waals surface area contributed by atoms with Gasteiger partial charge < -0.3 is 20.8 Å². The molecule has 0 unspecified atom stereocenters. The highest BCUT2D eigenvalue weighted by Crippen LogP contribution is 2.26. The van der Waals surface area contributed by atoms with Crippen LogP contribution in [0.25, 0.3) is 5.70 Å². The van der Waals surface area contributed by atoms with Crippen LogP contribution in [0.4, 0.5) is 5.82 Å². The van der Waals surface area contributed by atoms with Crippen molar-refractivity contribution in [2.75, 3.05) is 18.9 Å². The summed E-state index contributed by atoms with van der Waals surface area (Å²) in [5, 5.41) is 13.0. The lowest BCUT2D eigenvalue weighted by Gasteiger charge is -2.24. The normalized spacial score (nSPS) is 15.7. The Bertz CT molecular complexity index is 883. The molecule has 5 N–H and O–H groups in total. The number of aryl methyl sites for hydroxylation is 1. The zero-order valence-corrected chi connectivity index (χ0v) is 19.1. The summed E-state index contributed by atoms with van der Waals surface area (Å²) in [6, 6.07) is 3.85. The van der Waals surface area contributed by atoms with Crippen LogP contribution in [0.1, 0.15) is 57.3 Å². The lowest BCUT2D eigenvalue weighted by atomic mass is 9.98. The van der Waals surface area contributed by atoms with Crippen molar-refractivity contribution in [1.82, 2.24) is 25.0 Å². The Labute approximate surface area is 184 Å². The average Bonchev–Trinajstić information content (AvgIpc) is 3.16. The summed E-state index contributed by atoms with van der Waals surface area (Å²) >= 11 is 0. The van der Waals surface area contributed by atoms with E-state index < -0.39 is 0 Å². The van der Waals surface area contributed by atoms with Crippen molar-refractivity contribution in [2.24, 2.45) is 17.5 Å². The number of hydrogen-bond donors (Lipinski definition) is 3. The van der Waals surface area contributed by atoms with Crippen molar-refractivity contribution < 1.29 is 4.74 Å². The molecule has 0 atom stereocenters. The van der Waals surface area contributed by atoms with Crippen LogP contribution in [-0.2, 0) is 6.54 Å². The second-order valence-electron chi connectivity index (χ2n) is 8.70. The molecule has 0 bridgehead atoms. The van der Waals surface area contributed by atoms with Crippen molar-refractivity contribution in [3.8, 4) is 5.75 Å². The number of hydrazine groups is 1. The summed E-state index contributed by atoms with van der Waals surface area (Å²) in [6.07, 6.45) is 8.15. The van der Waals surface area contributed by atoms with E-state index in [2.05, 4.69) is 34.5 Å². The van der Waals surface area contributed by atoms with Crippen molar-refractivity contribution in [1.29, 1.82) is 0 Å². The minimum absolute atomic E-state index is 0.284. The van der Waals surface area contributed by atoms with Crippen molar-refractivity contribution in [3.05, 3.63) is 35.4 Å². The Kier molecular flexibility index (Phi) is 7.73. The van der Waals surface area contributed by atoms with Gasteiger partial charge in [0, 0.05) is 13.6 Å². The average molecular weight is 429 g/mol. The van der Waals surface area contributed by atoms with Crippen molar-refractivity contribution in [3.63, 3.8) is 0 Å². The van der Waals surface area contributed by atoms with Crippen molar-refractivity contribution >= 4 is 11.5 Å². The Morgan fingerprint density at radius 3 is 2.68 bits per heavy atom.